The lowest BCUT2D eigenvalue weighted by Crippen LogP contribution is -2.32. The zero-order valence-corrected chi connectivity index (χ0v) is 12.0. The Morgan fingerprint density at radius 1 is 1.50 bits per heavy atom. The lowest BCUT2D eigenvalue weighted by molar-refractivity contribution is 0.304. The molecule has 102 valence electrons. The van der Waals surface area contributed by atoms with Crippen molar-refractivity contribution in [3.63, 3.8) is 0 Å². The normalized spacial score (nSPS) is 12.9. The van der Waals surface area contributed by atoms with Gasteiger partial charge in [0.1, 0.15) is 5.84 Å². The van der Waals surface area contributed by atoms with Gasteiger partial charge in [-0.3, -0.25) is 0 Å². The van der Waals surface area contributed by atoms with E-state index in [1.54, 1.807) is 11.3 Å². The first-order valence-corrected chi connectivity index (χ1v) is 7.20. The summed E-state index contributed by atoms with van der Waals surface area (Å²) in [6.07, 6.45) is 3.11. The molecule has 5 heteroatoms. The highest BCUT2D eigenvalue weighted by molar-refractivity contribution is 7.07. The topological polar surface area (TPSA) is 70.6 Å². The fraction of sp³-hybridized carbons (Fsp3) is 0.615. The Balaban J connectivity index is 2.08. The van der Waals surface area contributed by atoms with Crippen LogP contribution in [0.2, 0.25) is 0 Å². The third-order valence-corrected chi connectivity index (χ3v) is 3.85. The number of nitrogens with zero attached hydrogens (tertiary/aromatic N) is 1. The molecule has 1 rings (SSSR count). The van der Waals surface area contributed by atoms with Gasteiger partial charge in [0.25, 0.3) is 0 Å². The molecule has 0 amide bonds. The van der Waals surface area contributed by atoms with Crippen molar-refractivity contribution < 1.29 is 5.21 Å². The van der Waals surface area contributed by atoms with Gasteiger partial charge < -0.3 is 16.3 Å². The Labute approximate surface area is 113 Å². The molecule has 0 radical (unpaired) electrons. The average molecular weight is 269 g/mol. The number of thiophene rings is 1. The van der Waals surface area contributed by atoms with Gasteiger partial charge in [-0.05, 0) is 41.8 Å². The second-order valence-electron chi connectivity index (χ2n) is 5.13. The molecular weight excluding hydrogens is 246 g/mol. The van der Waals surface area contributed by atoms with Gasteiger partial charge in [-0.2, -0.15) is 11.3 Å². The maximum Gasteiger partial charge on any atom is 0.144 e. The molecule has 1 aromatic heterocycles. The van der Waals surface area contributed by atoms with E-state index in [0.29, 0.717) is 5.84 Å². The van der Waals surface area contributed by atoms with Crippen molar-refractivity contribution in [1.29, 1.82) is 0 Å². The van der Waals surface area contributed by atoms with E-state index < -0.39 is 0 Å². The van der Waals surface area contributed by atoms with E-state index in [4.69, 9.17) is 10.9 Å². The fourth-order valence-corrected chi connectivity index (χ4v) is 2.37. The van der Waals surface area contributed by atoms with Gasteiger partial charge in [0.2, 0.25) is 0 Å². The summed E-state index contributed by atoms with van der Waals surface area (Å²) >= 11 is 1.73. The molecule has 1 heterocycles. The summed E-state index contributed by atoms with van der Waals surface area (Å²) in [5, 5.41) is 19.4. The molecule has 0 saturated heterocycles. The van der Waals surface area contributed by atoms with Gasteiger partial charge in [0.15, 0.2) is 0 Å². The third kappa shape index (κ3) is 5.06. The second kappa shape index (κ2) is 7.38. The Kier molecular flexibility index (Phi) is 6.15. The zero-order valence-electron chi connectivity index (χ0n) is 11.1. The summed E-state index contributed by atoms with van der Waals surface area (Å²) in [7, 11) is 0. The number of oxime groups is 1. The first-order valence-electron chi connectivity index (χ1n) is 6.26. The average Bonchev–Trinajstić information content (AvgIpc) is 2.85. The molecule has 4 nitrogen and oxygen atoms in total. The van der Waals surface area contributed by atoms with Crippen LogP contribution in [0.4, 0.5) is 0 Å². The van der Waals surface area contributed by atoms with Gasteiger partial charge in [0, 0.05) is 12.0 Å². The summed E-state index contributed by atoms with van der Waals surface area (Å²) in [6.45, 7) is 5.94. The number of nitrogens with two attached hydrogens (primary N) is 1. The van der Waals surface area contributed by atoms with Crippen molar-refractivity contribution in [3.05, 3.63) is 22.4 Å². The van der Waals surface area contributed by atoms with E-state index in [2.05, 4.69) is 27.3 Å². The van der Waals surface area contributed by atoms with Crippen LogP contribution < -0.4 is 11.1 Å². The standard InChI is InChI=1S/C13H23N3OS/c1-13(2,12(14)16-17)6-3-4-7-15-9-11-5-8-18-10-11/h5,8,10,15,17H,3-4,6-7,9H2,1-2H3,(H2,14,16). The SMILES string of the molecule is CC(C)(CCCCNCc1ccsc1)/C(N)=N/O. The van der Waals surface area contributed by atoms with Crippen LogP contribution in [-0.2, 0) is 6.54 Å². The Bertz CT molecular complexity index is 360. The van der Waals surface area contributed by atoms with Crippen molar-refractivity contribution in [1.82, 2.24) is 5.32 Å². The van der Waals surface area contributed by atoms with Crippen molar-refractivity contribution in [3.8, 4) is 0 Å². The minimum absolute atomic E-state index is 0.220. The van der Waals surface area contributed by atoms with Crippen molar-refractivity contribution in [2.45, 2.75) is 39.7 Å². The van der Waals surface area contributed by atoms with Crippen molar-refractivity contribution in [2.75, 3.05) is 6.54 Å². The van der Waals surface area contributed by atoms with Gasteiger partial charge in [-0.25, -0.2) is 0 Å². The van der Waals surface area contributed by atoms with Crippen LogP contribution in [0.5, 0.6) is 0 Å². The summed E-state index contributed by atoms with van der Waals surface area (Å²) < 4.78 is 0. The molecule has 0 fully saturated rings. The van der Waals surface area contributed by atoms with Crippen LogP contribution in [-0.4, -0.2) is 17.6 Å². The minimum atomic E-state index is -0.220. The predicted octanol–water partition coefficient (Wildman–Crippen LogP) is 2.78. The quantitative estimate of drug-likeness (QED) is 0.223. The number of nitrogens with one attached hydrogen (secondary N) is 1. The molecule has 0 saturated carbocycles. The highest BCUT2D eigenvalue weighted by atomic mass is 32.1. The van der Waals surface area contributed by atoms with E-state index in [9.17, 15) is 0 Å². The maximum absolute atomic E-state index is 8.67. The molecule has 0 unspecified atom stereocenters. The van der Waals surface area contributed by atoms with E-state index in [-0.39, 0.29) is 5.41 Å². The number of unbranched alkanes of at least 4 members (excludes halogenated alkanes) is 1. The molecule has 1 aromatic rings. The van der Waals surface area contributed by atoms with E-state index in [1.165, 1.54) is 5.56 Å². The number of rotatable bonds is 8. The predicted molar refractivity (Wildman–Crippen MR) is 77.1 cm³/mol. The van der Waals surface area contributed by atoms with E-state index in [1.807, 2.05) is 13.8 Å². The molecule has 0 aliphatic heterocycles. The Morgan fingerprint density at radius 2 is 2.28 bits per heavy atom. The molecule has 0 atom stereocenters. The minimum Gasteiger partial charge on any atom is -0.409 e. The molecule has 0 bridgehead atoms. The largest absolute Gasteiger partial charge is 0.409 e. The molecule has 0 spiro atoms. The van der Waals surface area contributed by atoms with E-state index >= 15 is 0 Å². The third-order valence-electron chi connectivity index (χ3n) is 3.12. The molecular formula is C13H23N3OS. The van der Waals surface area contributed by atoms with Gasteiger partial charge >= 0.3 is 0 Å². The molecule has 18 heavy (non-hydrogen) atoms. The van der Waals surface area contributed by atoms with Crippen molar-refractivity contribution >= 4 is 17.2 Å². The summed E-state index contributed by atoms with van der Waals surface area (Å²) in [4.78, 5) is 0. The molecule has 0 aliphatic rings. The maximum atomic E-state index is 8.67. The summed E-state index contributed by atoms with van der Waals surface area (Å²) in [6, 6.07) is 2.14. The summed E-state index contributed by atoms with van der Waals surface area (Å²) in [5.41, 5.74) is 6.77. The monoisotopic (exact) mass is 269 g/mol. The van der Waals surface area contributed by atoms with Crippen LogP contribution in [0.25, 0.3) is 0 Å². The Morgan fingerprint density at radius 3 is 2.89 bits per heavy atom. The van der Waals surface area contributed by atoms with Gasteiger partial charge in [-0.1, -0.05) is 25.4 Å². The summed E-state index contributed by atoms with van der Waals surface area (Å²) in [5.74, 6) is 0.314. The van der Waals surface area contributed by atoms with Crippen LogP contribution in [0.3, 0.4) is 0 Å². The lowest BCUT2D eigenvalue weighted by atomic mass is 9.86. The highest BCUT2D eigenvalue weighted by Gasteiger charge is 2.22. The first kappa shape index (κ1) is 15.0. The fourth-order valence-electron chi connectivity index (χ4n) is 1.71. The van der Waals surface area contributed by atoms with Gasteiger partial charge in [0.05, 0.1) is 0 Å². The van der Waals surface area contributed by atoms with Crippen LogP contribution in [0.15, 0.2) is 22.0 Å². The van der Waals surface area contributed by atoms with Crippen LogP contribution >= 0.6 is 11.3 Å². The van der Waals surface area contributed by atoms with Gasteiger partial charge in [-0.15, -0.1) is 0 Å². The number of hydrogen-bond acceptors (Lipinski definition) is 4. The first-order chi connectivity index (χ1) is 8.56. The smallest absolute Gasteiger partial charge is 0.144 e. The molecule has 0 aliphatic carbocycles. The number of amidine groups is 1. The van der Waals surface area contributed by atoms with Crippen LogP contribution in [0.1, 0.15) is 38.7 Å². The number of hydrogen-bond donors (Lipinski definition) is 3. The molecule has 4 N–H and O–H groups in total. The molecule has 0 aromatic carbocycles. The van der Waals surface area contributed by atoms with Crippen LogP contribution in [0, 0.1) is 5.41 Å². The second-order valence-corrected chi connectivity index (χ2v) is 5.91. The zero-order chi connectivity index (χ0) is 13.4. The van der Waals surface area contributed by atoms with E-state index in [0.717, 1.165) is 32.4 Å². The highest BCUT2D eigenvalue weighted by Crippen LogP contribution is 2.23. The van der Waals surface area contributed by atoms with Crippen molar-refractivity contribution in [2.24, 2.45) is 16.3 Å². The lowest BCUT2D eigenvalue weighted by Gasteiger charge is -2.22. The Hall–Kier alpha value is -1.07.